The van der Waals surface area contributed by atoms with Crippen molar-refractivity contribution < 1.29 is 21.6 Å². The lowest BCUT2D eigenvalue weighted by Crippen LogP contribution is -2.56. The molecule has 9 nitrogen and oxygen atoms in total. The van der Waals surface area contributed by atoms with Gasteiger partial charge >= 0.3 is 0 Å². The Labute approximate surface area is 146 Å². The van der Waals surface area contributed by atoms with Crippen LogP contribution in [0, 0.1) is 6.92 Å². The fraction of sp³-hybridized carbons (Fsp3) is 0.429. The van der Waals surface area contributed by atoms with Crippen LogP contribution in [-0.4, -0.2) is 61.4 Å². The number of rotatable bonds is 5. The number of aryl methyl sites for hydroxylation is 2. The Kier molecular flexibility index (Phi) is 4.33. The summed E-state index contributed by atoms with van der Waals surface area (Å²) in [5.74, 6) is 0.588. The van der Waals surface area contributed by atoms with E-state index in [0.29, 0.717) is 11.3 Å². The van der Waals surface area contributed by atoms with Crippen LogP contribution in [0.1, 0.15) is 5.56 Å². The van der Waals surface area contributed by atoms with Crippen LogP contribution in [-0.2, 0) is 26.9 Å². The highest BCUT2D eigenvalue weighted by atomic mass is 32.2. The van der Waals surface area contributed by atoms with E-state index in [4.69, 9.17) is 4.74 Å². The average molecular weight is 386 g/mol. The molecule has 0 N–H and O–H groups in total. The highest BCUT2D eigenvalue weighted by Gasteiger charge is 2.45. The van der Waals surface area contributed by atoms with Gasteiger partial charge in [-0.1, -0.05) is 0 Å². The van der Waals surface area contributed by atoms with E-state index in [-0.39, 0.29) is 23.1 Å². The maximum absolute atomic E-state index is 12.6. The number of nitrogens with zero attached hydrogens (tertiary/aromatic N) is 4. The first kappa shape index (κ1) is 17.8. The molecule has 1 saturated heterocycles. The summed E-state index contributed by atoms with van der Waals surface area (Å²) in [6.45, 7) is 1.53. The van der Waals surface area contributed by atoms with Gasteiger partial charge in [-0.05, 0) is 30.7 Å². The third kappa shape index (κ3) is 2.92. The molecule has 0 saturated carbocycles. The standard InChI is InChI=1S/C14H18N4O5S2/c1-10-6-11(4-5-13(10)23-3)25(21,22)18-7-12(8-18)24(19,20)14-16-15-9-17(14)2/h4-6,9,12H,7-8H2,1-3H3. The van der Waals surface area contributed by atoms with Crippen LogP contribution in [0.4, 0.5) is 0 Å². The van der Waals surface area contributed by atoms with Crippen LogP contribution in [0.5, 0.6) is 5.75 Å². The molecule has 11 heteroatoms. The second kappa shape index (κ2) is 6.07. The van der Waals surface area contributed by atoms with Gasteiger partial charge in [-0.3, -0.25) is 0 Å². The van der Waals surface area contributed by atoms with Crippen molar-refractivity contribution in [1.82, 2.24) is 19.1 Å². The number of sulfone groups is 1. The quantitative estimate of drug-likeness (QED) is 0.710. The lowest BCUT2D eigenvalue weighted by molar-refractivity contribution is 0.308. The van der Waals surface area contributed by atoms with Crippen molar-refractivity contribution in [3.05, 3.63) is 30.1 Å². The van der Waals surface area contributed by atoms with Gasteiger partial charge in [-0.2, -0.15) is 4.31 Å². The topological polar surface area (TPSA) is 111 Å². The minimum atomic E-state index is -3.75. The van der Waals surface area contributed by atoms with Gasteiger partial charge < -0.3 is 9.30 Å². The van der Waals surface area contributed by atoms with Crippen molar-refractivity contribution in [1.29, 1.82) is 0 Å². The molecule has 1 fully saturated rings. The number of methoxy groups -OCH3 is 1. The number of aromatic nitrogens is 3. The third-order valence-corrected chi connectivity index (χ3v) is 8.06. The Hall–Kier alpha value is -1.98. The molecule has 1 aliphatic heterocycles. The maximum atomic E-state index is 12.6. The van der Waals surface area contributed by atoms with Crippen molar-refractivity contribution in [2.45, 2.75) is 22.2 Å². The van der Waals surface area contributed by atoms with Crippen LogP contribution in [0.25, 0.3) is 0 Å². The zero-order chi connectivity index (χ0) is 18.4. The average Bonchev–Trinajstić information content (AvgIpc) is 2.92. The van der Waals surface area contributed by atoms with Crippen LogP contribution < -0.4 is 4.74 Å². The molecule has 0 bridgehead atoms. The summed E-state index contributed by atoms with van der Waals surface area (Å²) in [6, 6.07) is 4.54. The van der Waals surface area contributed by atoms with E-state index in [0.717, 1.165) is 4.31 Å². The monoisotopic (exact) mass is 386 g/mol. The summed E-state index contributed by atoms with van der Waals surface area (Å²) >= 11 is 0. The van der Waals surface area contributed by atoms with Gasteiger partial charge in [-0.25, -0.2) is 16.8 Å². The number of benzene rings is 1. The molecule has 0 amide bonds. The summed E-state index contributed by atoms with van der Waals surface area (Å²) in [6.07, 6.45) is 1.29. The van der Waals surface area contributed by atoms with E-state index < -0.39 is 25.1 Å². The highest BCUT2D eigenvalue weighted by molar-refractivity contribution is 7.92. The minimum Gasteiger partial charge on any atom is -0.496 e. The zero-order valence-electron chi connectivity index (χ0n) is 13.9. The van der Waals surface area contributed by atoms with E-state index in [9.17, 15) is 16.8 Å². The number of ether oxygens (including phenoxy) is 1. The van der Waals surface area contributed by atoms with Crippen LogP contribution in [0.3, 0.4) is 0 Å². The van der Waals surface area contributed by atoms with Crippen LogP contribution in [0.15, 0.2) is 34.6 Å². The molecule has 0 unspecified atom stereocenters. The van der Waals surface area contributed by atoms with Gasteiger partial charge in [0.1, 0.15) is 12.1 Å². The molecule has 2 heterocycles. The number of hydrogen-bond donors (Lipinski definition) is 0. The molecule has 25 heavy (non-hydrogen) atoms. The Morgan fingerprint density at radius 2 is 1.88 bits per heavy atom. The van der Waals surface area contributed by atoms with Crippen molar-refractivity contribution in [3.63, 3.8) is 0 Å². The van der Waals surface area contributed by atoms with Crippen molar-refractivity contribution in [3.8, 4) is 5.75 Å². The van der Waals surface area contributed by atoms with E-state index in [1.165, 1.54) is 37.2 Å². The number of hydrogen-bond acceptors (Lipinski definition) is 7. The van der Waals surface area contributed by atoms with Crippen molar-refractivity contribution >= 4 is 19.9 Å². The lowest BCUT2D eigenvalue weighted by atomic mass is 10.2. The predicted octanol–water partition coefficient (Wildman–Crippen LogP) is -0.0211. The minimum absolute atomic E-state index is 0.109. The zero-order valence-corrected chi connectivity index (χ0v) is 15.6. The first-order chi connectivity index (χ1) is 11.7. The van der Waals surface area contributed by atoms with Gasteiger partial charge in [0.2, 0.25) is 25.0 Å². The summed E-state index contributed by atoms with van der Waals surface area (Å²) in [5.41, 5.74) is 0.687. The smallest absolute Gasteiger partial charge is 0.249 e. The molecule has 3 rings (SSSR count). The first-order valence-corrected chi connectivity index (χ1v) is 10.4. The molecular weight excluding hydrogens is 368 g/mol. The highest BCUT2D eigenvalue weighted by Crippen LogP contribution is 2.29. The molecule has 1 aromatic heterocycles. The summed E-state index contributed by atoms with van der Waals surface area (Å²) < 4.78 is 57.8. The first-order valence-electron chi connectivity index (χ1n) is 7.40. The van der Waals surface area contributed by atoms with Gasteiger partial charge in [0.25, 0.3) is 0 Å². The van der Waals surface area contributed by atoms with Gasteiger partial charge in [-0.15, -0.1) is 10.2 Å². The van der Waals surface area contributed by atoms with Crippen LogP contribution >= 0.6 is 0 Å². The van der Waals surface area contributed by atoms with E-state index in [1.54, 1.807) is 13.0 Å². The third-order valence-electron chi connectivity index (χ3n) is 4.18. The summed E-state index contributed by atoms with van der Waals surface area (Å²) in [7, 11) is -4.44. The molecule has 2 aromatic rings. The maximum Gasteiger partial charge on any atom is 0.249 e. The Morgan fingerprint density at radius 3 is 2.40 bits per heavy atom. The Bertz CT molecular complexity index is 1010. The largest absolute Gasteiger partial charge is 0.496 e. The predicted molar refractivity (Wildman–Crippen MR) is 88.5 cm³/mol. The van der Waals surface area contributed by atoms with Gasteiger partial charge in [0, 0.05) is 20.1 Å². The molecule has 1 aliphatic rings. The number of sulfonamides is 1. The van der Waals surface area contributed by atoms with Gasteiger partial charge in [0.15, 0.2) is 0 Å². The van der Waals surface area contributed by atoms with E-state index in [1.807, 2.05) is 0 Å². The molecular formula is C14H18N4O5S2. The summed E-state index contributed by atoms with van der Waals surface area (Å²) in [4.78, 5) is 0.111. The summed E-state index contributed by atoms with van der Waals surface area (Å²) in [5, 5.41) is 6.18. The van der Waals surface area contributed by atoms with E-state index in [2.05, 4.69) is 10.2 Å². The van der Waals surface area contributed by atoms with Crippen LogP contribution in [0.2, 0.25) is 0 Å². The van der Waals surface area contributed by atoms with E-state index >= 15 is 0 Å². The lowest BCUT2D eigenvalue weighted by Gasteiger charge is -2.37. The molecule has 0 aliphatic carbocycles. The van der Waals surface area contributed by atoms with Crippen molar-refractivity contribution in [2.24, 2.45) is 7.05 Å². The Balaban J connectivity index is 1.80. The fourth-order valence-corrected chi connectivity index (χ4v) is 6.10. The van der Waals surface area contributed by atoms with Crippen molar-refractivity contribution in [2.75, 3.05) is 20.2 Å². The fourth-order valence-electron chi connectivity index (χ4n) is 2.63. The molecule has 0 spiro atoms. The SMILES string of the molecule is COc1ccc(S(=O)(=O)N2CC(S(=O)(=O)c3nncn3C)C2)cc1C. The Morgan fingerprint density at radius 1 is 1.20 bits per heavy atom. The molecule has 0 radical (unpaired) electrons. The molecule has 0 atom stereocenters. The molecule has 1 aromatic carbocycles. The van der Waals surface area contributed by atoms with Gasteiger partial charge in [0.05, 0.1) is 17.3 Å². The normalized spacial score (nSPS) is 16.6. The second-order valence-electron chi connectivity index (χ2n) is 5.84. The molecule has 136 valence electrons. The second-order valence-corrected chi connectivity index (χ2v) is 9.90.